The van der Waals surface area contributed by atoms with Crippen LogP contribution in [0.5, 0.6) is 11.5 Å². The summed E-state index contributed by atoms with van der Waals surface area (Å²) in [6.45, 7) is 0.146. The smallest absolute Gasteiger partial charge is 0.370 e. The summed E-state index contributed by atoms with van der Waals surface area (Å²) < 4.78 is 16.9. The summed E-state index contributed by atoms with van der Waals surface area (Å²) in [6, 6.07) is 14.1. The van der Waals surface area contributed by atoms with Gasteiger partial charge in [-0.3, -0.25) is 4.79 Å². The lowest BCUT2D eigenvalue weighted by Crippen LogP contribution is -2.19. The number of aryl methyl sites for hydroxylation is 1. The Morgan fingerprint density at radius 3 is 2.64 bits per heavy atom. The molecular weight excluding hydrogens is 324 g/mol. The number of rotatable bonds is 3. The molecule has 2 aromatic carbocycles. The SMILES string of the molecule is Cn1oc(=O)c(C(=O)Nc2ccc3c(c2)OCO3)c1-c1ccccc1. The Morgan fingerprint density at radius 2 is 1.84 bits per heavy atom. The fraction of sp³-hybridized carbons (Fsp3) is 0.111. The molecule has 3 aromatic rings. The van der Waals surface area contributed by atoms with Crippen LogP contribution < -0.4 is 20.4 Å². The number of benzene rings is 2. The molecular formula is C18H14N2O5. The molecule has 0 saturated carbocycles. The molecule has 1 aromatic heterocycles. The Balaban J connectivity index is 1.70. The van der Waals surface area contributed by atoms with Gasteiger partial charge in [0.05, 0.1) is 0 Å². The monoisotopic (exact) mass is 338 g/mol. The van der Waals surface area contributed by atoms with Crippen molar-refractivity contribution in [3.05, 3.63) is 64.5 Å². The number of fused-ring (bicyclic) bond motifs is 1. The molecule has 4 rings (SSSR count). The molecule has 1 N–H and O–H groups in total. The van der Waals surface area contributed by atoms with E-state index in [0.29, 0.717) is 28.4 Å². The van der Waals surface area contributed by atoms with E-state index in [-0.39, 0.29) is 12.4 Å². The van der Waals surface area contributed by atoms with E-state index in [1.54, 1.807) is 25.2 Å². The van der Waals surface area contributed by atoms with Gasteiger partial charge in [-0.1, -0.05) is 30.3 Å². The van der Waals surface area contributed by atoms with Gasteiger partial charge in [-0.15, -0.1) is 0 Å². The van der Waals surface area contributed by atoms with Crippen molar-refractivity contribution in [3.63, 3.8) is 0 Å². The maximum atomic E-state index is 12.7. The number of nitrogens with one attached hydrogen (secondary N) is 1. The number of nitrogens with zero attached hydrogens (tertiary/aromatic N) is 1. The molecule has 1 amide bonds. The van der Waals surface area contributed by atoms with Crippen molar-refractivity contribution < 1.29 is 18.8 Å². The minimum absolute atomic E-state index is 0.0497. The molecule has 7 nitrogen and oxygen atoms in total. The van der Waals surface area contributed by atoms with Crippen LogP contribution in [-0.2, 0) is 7.05 Å². The second-order valence-corrected chi connectivity index (χ2v) is 5.49. The van der Waals surface area contributed by atoms with E-state index in [0.717, 1.165) is 0 Å². The van der Waals surface area contributed by atoms with Crippen molar-refractivity contribution in [2.45, 2.75) is 0 Å². The fourth-order valence-electron chi connectivity index (χ4n) is 2.76. The van der Waals surface area contributed by atoms with E-state index in [2.05, 4.69) is 5.32 Å². The molecule has 25 heavy (non-hydrogen) atoms. The first kappa shape index (κ1) is 15.1. The van der Waals surface area contributed by atoms with Gasteiger partial charge in [0.1, 0.15) is 5.69 Å². The van der Waals surface area contributed by atoms with Crippen LogP contribution in [0.2, 0.25) is 0 Å². The van der Waals surface area contributed by atoms with Crippen molar-refractivity contribution in [1.29, 1.82) is 0 Å². The molecule has 0 aliphatic carbocycles. The zero-order valence-electron chi connectivity index (χ0n) is 13.3. The molecule has 0 saturated heterocycles. The van der Waals surface area contributed by atoms with Crippen LogP contribution in [0.15, 0.2) is 57.8 Å². The maximum Gasteiger partial charge on any atom is 0.370 e. The molecule has 0 unspecified atom stereocenters. The van der Waals surface area contributed by atoms with Crippen molar-refractivity contribution in [3.8, 4) is 22.8 Å². The summed E-state index contributed by atoms with van der Waals surface area (Å²) in [5, 5.41) is 2.70. The quantitative estimate of drug-likeness (QED) is 0.794. The number of ether oxygens (including phenoxy) is 2. The van der Waals surface area contributed by atoms with Crippen molar-refractivity contribution >= 4 is 11.6 Å². The van der Waals surface area contributed by atoms with Gasteiger partial charge in [-0.25, -0.2) is 9.53 Å². The average molecular weight is 338 g/mol. The van der Waals surface area contributed by atoms with Crippen LogP contribution in [-0.4, -0.2) is 17.4 Å². The first-order valence-electron chi connectivity index (χ1n) is 7.60. The maximum absolute atomic E-state index is 12.7. The molecule has 2 heterocycles. The van der Waals surface area contributed by atoms with Crippen molar-refractivity contribution in [1.82, 2.24) is 4.74 Å². The van der Waals surface area contributed by atoms with E-state index in [9.17, 15) is 9.59 Å². The number of amides is 1. The van der Waals surface area contributed by atoms with Gasteiger partial charge in [0.15, 0.2) is 17.1 Å². The Bertz CT molecular complexity index is 1000. The second kappa shape index (κ2) is 5.86. The van der Waals surface area contributed by atoms with Crippen LogP contribution in [0.3, 0.4) is 0 Å². The molecule has 126 valence electrons. The summed E-state index contributed by atoms with van der Waals surface area (Å²) in [6.07, 6.45) is 0. The predicted octanol–water partition coefficient (Wildman–Crippen LogP) is 2.63. The highest BCUT2D eigenvalue weighted by Crippen LogP contribution is 2.34. The van der Waals surface area contributed by atoms with Crippen molar-refractivity contribution in [2.24, 2.45) is 7.05 Å². The predicted molar refractivity (Wildman–Crippen MR) is 89.9 cm³/mol. The number of hydrogen-bond acceptors (Lipinski definition) is 5. The number of carbonyl (C=O) groups excluding carboxylic acids is 1. The molecule has 0 fully saturated rings. The molecule has 0 bridgehead atoms. The molecule has 1 aliphatic rings. The summed E-state index contributed by atoms with van der Waals surface area (Å²) in [4.78, 5) is 24.8. The third kappa shape index (κ3) is 2.65. The van der Waals surface area contributed by atoms with Gasteiger partial charge in [0.2, 0.25) is 6.79 Å². The Hall–Kier alpha value is -3.48. The van der Waals surface area contributed by atoms with Crippen LogP contribution in [0.25, 0.3) is 11.3 Å². The largest absolute Gasteiger partial charge is 0.454 e. The lowest BCUT2D eigenvalue weighted by molar-refractivity contribution is 0.102. The lowest BCUT2D eigenvalue weighted by atomic mass is 10.1. The van der Waals surface area contributed by atoms with E-state index in [1.807, 2.05) is 30.3 Å². The normalized spacial score (nSPS) is 12.2. The van der Waals surface area contributed by atoms with E-state index >= 15 is 0 Å². The number of anilines is 1. The van der Waals surface area contributed by atoms with Gasteiger partial charge >= 0.3 is 5.63 Å². The average Bonchev–Trinajstić information content (AvgIpc) is 3.18. The summed E-state index contributed by atoms with van der Waals surface area (Å²) in [5.41, 5.74) is 0.887. The second-order valence-electron chi connectivity index (χ2n) is 5.49. The third-order valence-corrected chi connectivity index (χ3v) is 3.88. The Labute approximate surface area is 142 Å². The van der Waals surface area contributed by atoms with Gasteiger partial charge in [0, 0.05) is 24.4 Å². The standard InChI is InChI=1S/C18H14N2O5/c1-20-16(11-5-3-2-4-6-11)15(18(22)25-20)17(21)19-12-7-8-13-14(9-12)24-10-23-13/h2-9H,10H2,1H3,(H,19,21). The van der Waals surface area contributed by atoms with Crippen LogP contribution in [0.1, 0.15) is 10.4 Å². The van der Waals surface area contributed by atoms with Crippen LogP contribution >= 0.6 is 0 Å². The number of hydrogen-bond donors (Lipinski definition) is 1. The zero-order valence-corrected chi connectivity index (χ0v) is 13.3. The fourth-order valence-corrected chi connectivity index (χ4v) is 2.76. The summed E-state index contributed by atoms with van der Waals surface area (Å²) in [5.74, 6) is 0.607. The molecule has 7 heteroatoms. The molecule has 0 spiro atoms. The van der Waals surface area contributed by atoms with Crippen LogP contribution in [0, 0.1) is 0 Å². The first-order valence-corrected chi connectivity index (χ1v) is 7.60. The van der Waals surface area contributed by atoms with Crippen molar-refractivity contribution in [2.75, 3.05) is 12.1 Å². The zero-order chi connectivity index (χ0) is 17.4. The summed E-state index contributed by atoms with van der Waals surface area (Å²) >= 11 is 0. The Morgan fingerprint density at radius 1 is 1.08 bits per heavy atom. The van der Waals surface area contributed by atoms with E-state index in [4.69, 9.17) is 14.0 Å². The highest BCUT2D eigenvalue weighted by Gasteiger charge is 2.24. The van der Waals surface area contributed by atoms with Gasteiger partial charge in [-0.2, -0.15) is 0 Å². The molecule has 0 radical (unpaired) electrons. The minimum Gasteiger partial charge on any atom is -0.454 e. The highest BCUT2D eigenvalue weighted by atomic mass is 16.7. The van der Waals surface area contributed by atoms with Gasteiger partial charge < -0.3 is 19.3 Å². The third-order valence-electron chi connectivity index (χ3n) is 3.88. The number of aromatic nitrogens is 1. The summed E-state index contributed by atoms with van der Waals surface area (Å²) in [7, 11) is 1.58. The van der Waals surface area contributed by atoms with Gasteiger partial charge in [0.25, 0.3) is 5.91 Å². The lowest BCUT2D eigenvalue weighted by Gasteiger charge is -2.07. The van der Waals surface area contributed by atoms with E-state index in [1.165, 1.54) is 4.74 Å². The number of carbonyl (C=O) groups is 1. The van der Waals surface area contributed by atoms with E-state index < -0.39 is 11.5 Å². The molecule has 0 atom stereocenters. The van der Waals surface area contributed by atoms with Gasteiger partial charge in [-0.05, 0) is 12.1 Å². The molecule has 1 aliphatic heterocycles. The van der Waals surface area contributed by atoms with Crippen LogP contribution in [0.4, 0.5) is 5.69 Å². The Kier molecular flexibility index (Phi) is 3.53. The first-order chi connectivity index (χ1) is 12.1. The highest BCUT2D eigenvalue weighted by molar-refractivity contribution is 6.08. The topological polar surface area (TPSA) is 82.7 Å². The minimum atomic E-state index is -0.695.